The number of hydrogen-bond acceptors (Lipinski definition) is 2. The minimum atomic E-state index is -3.24. The van der Waals surface area contributed by atoms with Gasteiger partial charge in [-0.25, -0.2) is 13.2 Å². The van der Waals surface area contributed by atoms with Gasteiger partial charge in [-0.15, -0.1) is 0 Å². The van der Waals surface area contributed by atoms with Crippen molar-refractivity contribution in [1.29, 1.82) is 0 Å². The van der Waals surface area contributed by atoms with Crippen LogP contribution >= 0.6 is 0 Å². The van der Waals surface area contributed by atoms with Gasteiger partial charge in [-0.1, -0.05) is 30.3 Å². The Morgan fingerprint density at radius 2 is 1.75 bits per heavy atom. The third-order valence-electron chi connectivity index (χ3n) is 2.73. The second-order valence-corrected chi connectivity index (χ2v) is 5.66. The second-order valence-electron chi connectivity index (χ2n) is 4.24. The molecule has 2 N–H and O–H groups in total. The number of halogens is 3. The van der Waals surface area contributed by atoms with E-state index in [0.29, 0.717) is 0 Å². The summed E-state index contributed by atoms with van der Waals surface area (Å²) in [4.78, 5) is 0.0157. The maximum absolute atomic E-state index is 14.0. The zero-order chi connectivity index (χ0) is 14.8. The quantitative estimate of drug-likeness (QED) is 0.880. The van der Waals surface area contributed by atoms with E-state index in [9.17, 15) is 17.4 Å². The minimum Gasteiger partial charge on any atom is -0.398 e. The van der Waals surface area contributed by atoms with Crippen molar-refractivity contribution in [3.63, 3.8) is 0 Å². The van der Waals surface area contributed by atoms with Crippen molar-refractivity contribution in [1.82, 2.24) is 0 Å². The van der Waals surface area contributed by atoms with Crippen LogP contribution in [-0.2, 0) is 16.7 Å². The third kappa shape index (κ3) is 3.19. The van der Waals surface area contributed by atoms with E-state index in [0.717, 1.165) is 12.1 Å². The summed E-state index contributed by atoms with van der Waals surface area (Å²) in [6.45, 7) is 0. The molecule has 0 fully saturated rings. The Balaban J connectivity index is 2.23. The van der Waals surface area contributed by atoms with Crippen LogP contribution in [0.5, 0.6) is 0 Å². The molecule has 0 saturated carbocycles. The Morgan fingerprint density at radius 1 is 1.10 bits per heavy atom. The Labute approximate surface area is 116 Å². The number of anilines is 1. The molecule has 0 aliphatic carbocycles. The van der Waals surface area contributed by atoms with E-state index in [4.69, 9.17) is 5.73 Å². The van der Waals surface area contributed by atoms with E-state index in [1.54, 1.807) is 6.07 Å². The molecular formula is C14H12F3NOS. The van der Waals surface area contributed by atoms with Crippen molar-refractivity contribution in [2.24, 2.45) is 0 Å². The van der Waals surface area contributed by atoms with Gasteiger partial charge in [-0.2, -0.15) is 0 Å². The van der Waals surface area contributed by atoms with Crippen molar-refractivity contribution >= 4 is 16.5 Å². The molecule has 0 amide bonds. The van der Waals surface area contributed by atoms with E-state index in [1.807, 2.05) is 0 Å². The molecule has 2 aromatic rings. The van der Waals surface area contributed by atoms with E-state index >= 15 is 0 Å². The third-order valence-corrected chi connectivity index (χ3v) is 4.21. The summed E-state index contributed by atoms with van der Waals surface area (Å²) >= 11 is 0. The molecule has 0 aliphatic rings. The lowest BCUT2D eigenvalue weighted by atomic mass is 10.1. The monoisotopic (exact) mass is 299 g/mol. The highest BCUT2D eigenvalue weighted by Crippen LogP contribution is 2.31. The summed E-state index contributed by atoms with van der Waals surface area (Å²) in [6, 6.07) is 10.3. The largest absolute Gasteiger partial charge is 0.398 e. The maximum Gasteiger partial charge on any atom is 0.284 e. The maximum atomic E-state index is 14.0. The Bertz CT molecular complexity index is 632. The molecule has 0 aromatic heterocycles. The summed E-state index contributed by atoms with van der Waals surface area (Å²) in [5.41, 5.74) is 5.20. The number of rotatable bonds is 4. The molecule has 0 bridgehead atoms. The summed E-state index contributed by atoms with van der Waals surface area (Å²) in [6.07, 6.45) is 0. The number of hydrogen-bond donors (Lipinski definition) is 1. The highest BCUT2D eigenvalue weighted by Gasteiger charge is 2.34. The van der Waals surface area contributed by atoms with Crippen LogP contribution in [0.15, 0.2) is 53.4 Å². The molecule has 0 spiro atoms. The van der Waals surface area contributed by atoms with Crippen molar-refractivity contribution in [3.05, 3.63) is 59.9 Å². The fraction of sp³-hybridized carbons (Fsp3) is 0.143. The van der Waals surface area contributed by atoms with Gasteiger partial charge in [0, 0.05) is 5.56 Å². The lowest BCUT2D eigenvalue weighted by Crippen LogP contribution is -2.22. The smallest absolute Gasteiger partial charge is 0.284 e. The first-order chi connectivity index (χ1) is 9.40. The highest BCUT2D eigenvalue weighted by atomic mass is 32.2. The average molecular weight is 299 g/mol. The molecule has 2 nitrogen and oxygen atoms in total. The van der Waals surface area contributed by atoms with Crippen LogP contribution in [0.1, 0.15) is 5.56 Å². The van der Waals surface area contributed by atoms with Gasteiger partial charge < -0.3 is 5.73 Å². The molecule has 20 heavy (non-hydrogen) atoms. The van der Waals surface area contributed by atoms with Crippen LogP contribution in [0.25, 0.3) is 0 Å². The van der Waals surface area contributed by atoms with Gasteiger partial charge in [-0.3, -0.25) is 4.21 Å². The summed E-state index contributed by atoms with van der Waals surface area (Å²) < 4.78 is 52.9. The van der Waals surface area contributed by atoms with Crippen molar-refractivity contribution in [2.45, 2.75) is 10.8 Å². The van der Waals surface area contributed by atoms with Crippen LogP contribution in [-0.4, -0.2) is 9.96 Å². The molecule has 0 heterocycles. The minimum absolute atomic E-state index is 0.0157. The Kier molecular flexibility index (Phi) is 4.13. The zero-order valence-electron chi connectivity index (χ0n) is 10.4. The first-order valence-electron chi connectivity index (χ1n) is 5.77. The molecule has 2 rings (SSSR count). The predicted octanol–water partition coefficient (Wildman–Crippen LogP) is 3.31. The molecule has 0 saturated heterocycles. The van der Waals surface area contributed by atoms with Gasteiger partial charge in [0.15, 0.2) is 0 Å². The Morgan fingerprint density at radius 3 is 2.35 bits per heavy atom. The number of nitrogens with two attached hydrogens (primary N) is 1. The zero-order valence-corrected chi connectivity index (χ0v) is 11.2. The van der Waals surface area contributed by atoms with Crippen LogP contribution in [0.2, 0.25) is 0 Å². The molecule has 6 heteroatoms. The standard InChI is InChI=1S/C14H12F3NOS/c15-11-6-7-13(12(18)8-11)20(19)9-14(16,17)10-4-2-1-3-5-10/h1-8H,9,18H2. The van der Waals surface area contributed by atoms with Crippen molar-refractivity contribution in [2.75, 3.05) is 11.5 Å². The number of alkyl halides is 2. The Hall–Kier alpha value is -1.82. The second kappa shape index (κ2) is 5.66. The SMILES string of the molecule is Nc1cc(F)ccc1S(=O)CC(F)(F)c1ccccc1. The van der Waals surface area contributed by atoms with E-state index in [2.05, 4.69) is 0 Å². The first-order valence-corrected chi connectivity index (χ1v) is 7.09. The first kappa shape index (κ1) is 14.6. The molecule has 106 valence electrons. The van der Waals surface area contributed by atoms with E-state index in [1.165, 1.54) is 30.3 Å². The van der Waals surface area contributed by atoms with E-state index in [-0.39, 0.29) is 16.1 Å². The average Bonchev–Trinajstić information content (AvgIpc) is 2.39. The molecule has 0 radical (unpaired) electrons. The van der Waals surface area contributed by atoms with Gasteiger partial charge in [-0.05, 0) is 18.2 Å². The lowest BCUT2D eigenvalue weighted by Gasteiger charge is -2.16. The van der Waals surface area contributed by atoms with Gasteiger partial charge in [0.1, 0.15) is 5.82 Å². The van der Waals surface area contributed by atoms with Crippen molar-refractivity contribution < 1.29 is 17.4 Å². The molecule has 1 atom stereocenters. The fourth-order valence-corrected chi connectivity index (χ4v) is 2.93. The van der Waals surface area contributed by atoms with Crippen LogP contribution in [0.4, 0.5) is 18.9 Å². The highest BCUT2D eigenvalue weighted by molar-refractivity contribution is 7.85. The van der Waals surface area contributed by atoms with E-state index < -0.39 is 28.3 Å². The van der Waals surface area contributed by atoms with Crippen LogP contribution < -0.4 is 5.73 Å². The van der Waals surface area contributed by atoms with Crippen LogP contribution in [0, 0.1) is 5.82 Å². The van der Waals surface area contributed by atoms with Gasteiger partial charge in [0.25, 0.3) is 5.92 Å². The molecular weight excluding hydrogens is 287 g/mol. The summed E-state index contributed by atoms with van der Waals surface area (Å²) in [7, 11) is -2.01. The molecule has 1 unspecified atom stereocenters. The summed E-state index contributed by atoms with van der Waals surface area (Å²) in [5, 5.41) is 0. The normalized spacial score (nSPS) is 13.2. The molecule has 2 aromatic carbocycles. The lowest BCUT2D eigenvalue weighted by molar-refractivity contribution is 0.0222. The number of benzene rings is 2. The van der Waals surface area contributed by atoms with Gasteiger partial charge in [0.05, 0.1) is 27.1 Å². The topological polar surface area (TPSA) is 43.1 Å². The van der Waals surface area contributed by atoms with Gasteiger partial charge >= 0.3 is 0 Å². The predicted molar refractivity (Wildman–Crippen MR) is 72.4 cm³/mol. The molecule has 0 aliphatic heterocycles. The summed E-state index contributed by atoms with van der Waals surface area (Å²) in [5.74, 6) is -4.74. The van der Waals surface area contributed by atoms with Crippen molar-refractivity contribution in [3.8, 4) is 0 Å². The fourth-order valence-electron chi connectivity index (χ4n) is 1.73. The van der Waals surface area contributed by atoms with Gasteiger partial charge in [0.2, 0.25) is 0 Å². The number of nitrogen functional groups attached to an aromatic ring is 1. The van der Waals surface area contributed by atoms with Crippen LogP contribution in [0.3, 0.4) is 0 Å².